The summed E-state index contributed by atoms with van der Waals surface area (Å²) in [6.07, 6.45) is 1.56. The molecule has 0 spiro atoms. The van der Waals surface area contributed by atoms with Crippen LogP contribution in [0.15, 0.2) is 41.0 Å². The highest BCUT2D eigenvalue weighted by Crippen LogP contribution is 2.34. The Morgan fingerprint density at radius 1 is 1.30 bits per heavy atom. The number of nitrogens with one attached hydrogen (secondary N) is 1. The minimum Gasteiger partial charge on any atom is -0.476 e. The van der Waals surface area contributed by atoms with Gasteiger partial charge in [-0.1, -0.05) is 35.9 Å². The number of aromatic carboxylic acids is 1. The SMILES string of the molecule is CC(=O)Nc1cc(-c2occ3ccccc23)nc(C(=O)O)c1Cl. The number of carboxylic acids is 1. The molecule has 0 aliphatic heterocycles. The maximum Gasteiger partial charge on any atom is 0.356 e. The fourth-order valence-corrected chi connectivity index (χ4v) is 2.48. The number of carboxylic acid groups (broad SMARTS) is 1. The van der Waals surface area contributed by atoms with Gasteiger partial charge in [0.2, 0.25) is 5.91 Å². The molecular weight excluding hydrogens is 320 g/mol. The van der Waals surface area contributed by atoms with Crippen LogP contribution in [0, 0.1) is 0 Å². The van der Waals surface area contributed by atoms with Crippen LogP contribution in [0.4, 0.5) is 5.69 Å². The zero-order chi connectivity index (χ0) is 16.6. The number of halogens is 1. The Bertz CT molecular complexity index is 933. The third-order valence-corrected chi connectivity index (χ3v) is 3.60. The number of aromatic nitrogens is 1. The largest absolute Gasteiger partial charge is 0.476 e. The first-order chi connectivity index (χ1) is 11.0. The van der Waals surface area contributed by atoms with E-state index in [0.29, 0.717) is 5.76 Å². The number of fused-ring (bicyclic) bond motifs is 1. The van der Waals surface area contributed by atoms with Crippen molar-refractivity contribution in [2.45, 2.75) is 6.92 Å². The number of pyridine rings is 1. The second-order valence-electron chi connectivity index (χ2n) is 4.86. The molecular formula is C16H11ClN2O4. The summed E-state index contributed by atoms with van der Waals surface area (Å²) in [5, 5.41) is 13.3. The third-order valence-electron chi connectivity index (χ3n) is 3.21. The maximum atomic E-state index is 11.4. The van der Waals surface area contributed by atoms with Crippen LogP contribution in [-0.4, -0.2) is 22.0 Å². The smallest absolute Gasteiger partial charge is 0.356 e. The maximum absolute atomic E-state index is 11.4. The molecule has 0 fully saturated rings. The molecule has 0 bridgehead atoms. The van der Waals surface area contributed by atoms with Gasteiger partial charge in [0.1, 0.15) is 5.69 Å². The van der Waals surface area contributed by atoms with Crippen molar-refractivity contribution in [2.24, 2.45) is 0 Å². The number of rotatable bonds is 3. The van der Waals surface area contributed by atoms with Crippen molar-refractivity contribution >= 4 is 39.9 Å². The molecule has 0 aliphatic carbocycles. The van der Waals surface area contributed by atoms with Crippen LogP contribution < -0.4 is 5.32 Å². The summed E-state index contributed by atoms with van der Waals surface area (Å²) < 4.78 is 5.52. The third kappa shape index (κ3) is 2.76. The van der Waals surface area contributed by atoms with E-state index in [2.05, 4.69) is 10.3 Å². The number of nitrogens with zero attached hydrogens (tertiary/aromatic N) is 1. The van der Waals surface area contributed by atoms with E-state index >= 15 is 0 Å². The quantitative estimate of drug-likeness (QED) is 0.761. The molecule has 3 rings (SSSR count). The summed E-state index contributed by atoms with van der Waals surface area (Å²) in [5.74, 6) is -1.25. The summed E-state index contributed by atoms with van der Waals surface area (Å²) in [7, 11) is 0. The lowest BCUT2D eigenvalue weighted by molar-refractivity contribution is -0.114. The molecule has 3 aromatic rings. The van der Waals surface area contributed by atoms with Crippen molar-refractivity contribution in [1.82, 2.24) is 4.98 Å². The predicted octanol–water partition coefficient (Wildman–Crippen LogP) is 3.80. The molecule has 2 heterocycles. The van der Waals surface area contributed by atoms with Crippen molar-refractivity contribution in [3.05, 3.63) is 47.3 Å². The molecule has 0 radical (unpaired) electrons. The van der Waals surface area contributed by atoms with Gasteiger partial charge in [-0.2, -0.15) is 0 Å². The first kappa shape index (κ1) is 15.1. The minimum absolute atomic E-state index is 0.132. The number of furan rings is 1. The lowest BCUT2D eigenvalue weighted by Crippen LogP contribution is -2.10. The van der Waals surface area contributed by atoms with Crippen molar-refractivity contribution in [3.63, 3.8) is 0 Å². The van der Waals surface area contributed by atoms with Gasteiger partial charge in [-0.3, -0.25) is 4.79 Å². The van der Waals surface area contributed by atoms with Gasteiger partial charge >= 0.3 is 5.97 Å². The number of anilines is 1. The Hall–Kier alpha value is -2.86. The van der Waals surface area contributed by atoms with Crippen LogP contribution in [-0.2, 0) is 4.79 Å². The van der Waals surface area contributed by atoms with Gasteiger partial charge in [0, 0.05) is 17.7 Å². The van der Waals surface area contributed by atoms with Gasteiger partial charge in [-0.05, 0) is 6.07 Å². The Kier molecular flexibility index (Phi) is 3.75. The molecule has 1 aromatic carbocycles. The molecule has 116 valence electrons. The lowest BCUT2D eigenvalue weighted by Gasteiger charge is -2.09. The molecule has 0 aliphatic rings. The number of amides is 1. The molecule has 7 heteroatoms. The van der Waals surface area contributed by atoms with Crippen molar-refractivity contribution < 1.29 is 19.1 Å². The van der Waals surface area contributed by atoms with E-state index in [1.54, 1.807) is 6.26 Å². The highest BCUT2D eigenvalue weighted by molar-refractivity contribution is 6.36. The van der Waals surface area contributed by atoms with E-state index in [0.717, 1.165) is 10.8 Å². The predicted molar refractivity (Wildman–Crippen MR) is 85.7 cm³/mol. The number of hydrogen-bond acceptors (Lipinski definition) is 4. The van der Waals surface area contributed by atoms with Gasteiger partial charge in [-0.15, -0.1) is 0 Å². The van der Waals surface area contributed by atoms with Gasteiger partial charge < -0.3 is 14.8 Å². The van der Waals surface area contributed by atoms with Crippen molar-refractivity contribution in [2.75, 3.05) is 5.32 Å². The molecule has 6 nitrogen and oxygen atoms in total. The monoisotopic (exact) mass is 330 g/mol. The van der Waals surface area contributed by atoms with E-state index in [-0.39, 0.29) is 28.0 Å². The summed E-state index contributed by atoms with van der Waals surface area (Å²) in [4.78, 5) is 26.7. The van der Waals surface area contributed by atoms with Crippen molar-refractivity contribution in [3.8, 4) is 11.5 Å². The van der Waals surface area contributed by atoms with E-state index in [1.165, 1.54) is 13.0 Å². The van der Waals surface area contributed by atoms with Crippen molar-refractivity contribution in [1.29, 1.82) is 0 Å². The summed E-state index contributed by atoms with van der Waals surface area (Å²) in [5.41, 5.74) is 0.0900. The van der Waals surface area contributed by atoms with E-state index < -0.39 is 5.97 Å². The first-order valence-electron chi connectivity index (χ1n) is 6.65. The fourth-order valence-electron chi connectivity index (χ4n) is 2.26. The molecule has 2 N–H and O–H groups in total. The topological polar surface area (TPSA) is 92.4 Å². The number of hydrogen-bond donors (Lipinski definition) is 2. The highest BCUT2D eigenvalue weighted by atomic mass is 35.5. The molecule has 0 atom stereocenters. The summed E-state index contributed by atoms with van der Waals surface area (Å²) in [6.45, 7) is 1.30. The van der Waals surface area contributed by atoms with E-state index in [9.17, 15) is 14.7 Å². The molecule has 1 amide bonds. The van der Waals surface area contributed by atoms with Crippen LogP contribution in [0.2, 0.25) is 5.02 Å². The average Bonchev–Trinajstić information content (AvgIpc) is 2.92. The molecule has 0 saturated carbocycles. The van der Waals surface area contributed by atoms with E-state index in [4.69, 9.17) is 16.0 Å². The van der Waals surface area contributed by atoms with Gasteiger partial charge in [0.05, 0.1) is 17.0 Å². The molecule has 2 aromatic heterocycles. The first-order valence-corrected chi connectivity index (χ1v) is 7.03. The Balaban J connectivity index is 2.24. The van der Waals surface area contributed by atoms with Crippen LogP contribution in [0.3, 0.4) is 0 Å². The van der Waals surface area contributed by atoms with Crippen LogP contribution in [0.5, 0.6) is 0 Å². The van der Waals surface area contributed by atoms with Crippen LogP contribution in [0.1, 0.15) is 17.4 Å². The van der Waals surface area contributed by atoms with Gasteiger partial charge in [-0.25, -0.2) is 9.78 Å². The number of benzene rings is 1. The normalized spacial score (nSPS) is 10.7. The summed E-state index contributed by atoms with van der Waals surface area (Å²) >= 11 is 6.01. The second kappa shape index (κ2) is 5.73. The second-order valence-corrected chi connectivity index (χ2v) is 5.23. The van der Waals surface area contributed by atoms with Gasteiger partial charge in [0.15, 0.2) is 11.5 Å². The van der Waals surface area contributed by atoms with E-state index in [1.807, 2.05) is 24.3 Å². The molecule has 0 saturated heterocycles. The Morgan fingerprint density at radius 2 is 2.04 bits per heavy atom. The Morgan fingerprint density at radius 3 is 2.74 bits per heavy atom. The van der Waals surface area contributed by atoms with Crippen LogP contribution >= 0.6 is 11.6 Å². The highest BCUT2D eigenvalue weighted by Gasteiger charge is 2.20. The standard InChI is InChI=1S/C16H11ClN2O4/c1-8(20)18-11-6-12(19-14(13(11)17)16(21)22)15-10-5-3-2-4-9(10)7-23-15/h2-7H,1H3,(H,21,22)(H,18,19,20). The van der Waals surface area contributed by atoms with Gasteiger partial charge in [0.25, 0.3) is 0 Å². The zero-order valence-corrected chi connectivity index (χ0v) is 12.7. The minimum atomic E-state index is -1.29. The lowest BCUT2D eigenvalue weighted by atomic mass is 10.1. The number of carbonyl (C=O) groups excluding carboxylic acids is 1. The summed E-state index contributed by atoms with van der Waals surface area (Å²) in [6, 6.07) is 8.89. The number of carbonyl (C=O) groups is 2. The average molecular weight is 331 g/mol. The fraction of sp³-hybridized carbons (Fsp3) is 0.0625. The zero-order valence-electron chi connectivity index (χ0n) is 12.0. The molecule has 23 heavy (non-hydrogen) atoms. The molecule has 0 unspecified atom stereocenters. The van der Waals surface area contributed by atoms with Crippen LogP contribution in [0.25, 0.3) is 22.2 Å². The Labute approximate surface area is 135 Å².